The van der Waals surface area contributed by atoms with Crippen molar-refractivity contribution in [3.63, 3.8) is 0 Å². The highest BCUT2D eigenvalue weighted by molar-refractivity contribution is 5.61. The second-order valence-electron chi connectivity index (χ2n) is 6.84. The van der Waals surface area contributed by atoms with E-state index in [0.717, 1.165) is 25.1 Å². The van der Waals surface area contributed by atoms with Crippen LogP contribution in [0.2, 0.25) is 0 Å². The zero-order chi connectivity index (χ0) is 17.8. The van der Waals surface area contributed by atoms with Crippen LogP contribution < -0.4 is 9.64 Å². The van der Waals surface area contributed by atoms with Gasteiger partial charge in [-0.15, -0.1) is 0 Å². The van der Waals surface area contributed by atoms with Gasteiger partial charge in [0.1, 0.15) is 12.4 Å². The van der Waals surface area contributed by atoms with E-state index in [4.69, 9.17) is 4.74 Å². The van der Waals surface area contributed by atoms with Gasteiger partial charge in [0.2, 0.25) is 0 Å². The van der Waals surface area contributed by atoms with E-state index >= 15 is 0 Å². The summed E-state index contributed by atoms with van der Waals surface area (Å²) in [6, 6.07) is 28.2. The second-order valence-corrected chi connectivity index (χ2v) is 6.84. The predicted molar refractivity (Wildman–Crippen MR) is 108 cm³/mol. The van der Waals surface area contributed by atoms with Crippen LogP contribution in [0.25, 0.3) is 0 Å². The number of hydrogen-bond donors (Lipinski definition) is 0. The lowest BCUT2D eigenvalue weighted by molar-refractivity contribution is 0.306. The fourth-order valence-corrected chi connectivity index (χ4v) is 3.87. The Bertz CT molecular complexity index is 845. The molecule has 0 aliphatic carbocycles. The number of fused-ring (bicyclic) bond motifs is 1. The molecule has 1 aliphatic rings. The standard InChI is InChI=1S/C24H25NO/c1-2-23(20-11-7-4-8-12-20)25-16-15-21-17-22(13-14-24(21)25)26-18-19-9-5-3-6-10-19/h3-14,17,23H,2,15-16,18H2,1H3/t23-/m0/s1. The highest BCUT2D eigenvalue weighted by Gasteiger charge is 2.26. The first-order chi connectivity index (χ1) is 12.8. The lowest BCUT2D eigenvalue weighted by atomic mass is 10.0. The first kappa shape index (κ1) is 16.7. The Morgan fingerprint density at radius 1 is 0.923 bits per heavy atom. The normalized spacial score (nSPS) is 14.1. The van der Waals surface area contributed by atoms with Gasteiger partial charge in [-0.3, -0.25) is 0 Å². The van der Waals surface area contributed by atoms with Crippen LogP contribution in [0.1, 0.15) is 36.1 Å². The molecular formula is C24H25NO. The molecule has 2 heteroatoms. The van der Waals surface area contributed by atoms with Crippen molar-refractivity contribution >= 4 is 5.69 Å². The number of hydrogen-bond acceptors (Lipinski definition) is 2. The summed E-state index contributed by atoms with van der Waals surface area (Å²) in [6.07, 6.45) is 2.19. The molecule has 0 saturated carbocycles. The molecule has 4 rings (SSSR count). The van der Waals surface area contributed by atoms with Gasteiger partial charge < -0.3 is 9.64 Å². The SMILES string of the molecule is CC[C@@H](c1ccccc1)N1CCc2cc(OCc3ccccc3)ccc21. The highest BCUT2D eigenvalue weighted by Crippen LogP contribution is 2.38. The molecule has 26 heavy (non-hydrogen) atoms. The third-order valence-corrected chi connectivity index (χ3v) is 5.18. The van der Waals surface area contributed by atoms with Crippen LogP contribution in [0.15, 0.2) is 78.9 Å². The van der Waals surface area contributed by atoms with Gasteiger partial charge in [-0.1, -0.05) is 67.6 Å². The predicted octanol–water partition coefficient (Wildman–Crippen LogP) is 5.78. The van der Waals surface area contributed by atoms with Crippen molar-refractivity contribution < 1.29 is 4.74 Å². The van der Waals surface area contributed by atoms with Crippen LogP contribution in [0, 0.1) is 0 Å². The Labute approximate surface area is 156 Å². The van der Waals surface area contributed by atoms with E-state index in [1.54, 1.807) is 0 Å². The fourth-order valence-electron chi connectivity index (χ4n) is 3.87. The van der Waals surface area contributed by atoms with Crippen LogP contribution in [0.3, 0.4) is 0 Å². The molecular weight excluding hydrogens is 318 g/mol. The zero-order valence-corrected chi connectivity index (χ0v) is 15.3. The third-order valence-electron chi connectivity index (χ3n) is 5.18. The van der Waals surface area contributed by atoms with Crippen molar-refractivity contribution in [2.75, 3.05) is 11.4 Å². The van der Waals surface area contributed by atoms with E-state index in [1.807, 2.05) is 18.2 Å². The summed E-state index contributed by atoms with van der Waals surface area (Å²) in [6.45, 7) is 3.96. The molecule has 3 aromatic rings. The monoisotopic (exact) mass is 343 g/mol. The van der Waals surface area contributed by atoms with Gasteiger partial charge in [0.15, 0.2) is 0 Å². The van der Waals surface area contributed by atoms with Gasteiger partial charge in [-0.05, 0) is 47.7 Å². The molecule has 0 N–H and O–H groups in total. The first-order valence-corrected chi connectivity index (χ1v) is 9.46. The molecule has 0 saturated heterocycles. The number of rotatable bonds is 6. The smallest absolute Gasteiger partial charge is 0.120 e. The van der Waals surface area contributed by atoms with Crippen LogP contribution in [-0.4, -0.2) is 6.54 Å². The topological polar surface area (TPSA) is 12.5 Å². The van der Waals surface area contributed by atoms with Crippen molar-refractivity contribution in [2.45, 2.75) is 32.4 Å². The van der Waals surface area contributed by atoms with Crippen LogP contribution in [-0.2, 0) is 13.0 Å². The molecule has 0 aromatic heterocycles. The third kappa shape index (κ3) is 3.45. The largest absolute Gasteiger partial charge is 0.489 e. The summed E-state index contributed by atoms with van der Waals surface area (Å²) < 4.78 is 6.01. The van der Waals surface area contributed by atoms with Crippen molar-refractivity contribution in [2.24, 2.45) is 0 Å². The molecule has 1 aliphatic heterocycles. The Morgan fingerprint density at radius 3 is 2.38 bits per heavy atom. The van der Waals surface area contributed by atoms with Crippen LogP contribution in [0.4, 0.5) is 5.69 Å². The summed E-state index contributed by atoms with van der Waals surface area (Å²) in [5.41, 5.74) is 5.34. The molecule has 0 fully saturated rings. The molecule has 0 amide bonds. The van der Waals surface area contributed by atoms with E-state index in [0.29, 0.717) is 12.6 Å². The fraction of sp³-hybridized carbons (Fsp3) is 0.250. The second kappa shape index (κ2) is 7.65. The van der Waals surface area contributed by atoms with Gasteiger partial charge in [0, 0.05) is 12.2 Å². The minimum absolute atomic E-state index is 0.438. The van der Waals surface area contributed by atoms with E-state index in [-0.39, 0.29) is 0 Å². The first-order valence-electron chi connectivity index (χ1n) is 9.46. The average Bonchev–Trinajstić information content (AvgIpc) is 3.12. The highest BCUT2D eigenvalue weighted by atomic mass is 16.5. The molecule has 0 unspecified atom stereocenters. The average molecular weight is 343 g/mol. The van der Waals surface area contributed by atoms with E-state index in [1.165, 1.54) is 22.4 Å². The molecule has 132 valence electrons. The van der Waals surface area contributed by atoms with Crippen molar-refractivity contribution in [1.82, 2.24) is 0 Å². The molecule has 3 aromatic carbocycles. The Balaban J connectivity index is 1.51. The summed E-state index contributed by atoms with van der Waals surface area (Å²) in [5.74, 6) is 0.960. The minimum atomic E-state index is 0.438. The maximum atomic E-state index is 6.01. The molecule has 0 radical (unpaired) electrons. The molecule has 2 nitrogen and oxygen atoms in total. The number of anilines is 1. The lowest BCUT2D eigenvalue weighted by Crippen LogP contribution is -2.26. The lowest BCUT2D eigenvalue weighted by Gasteiger charge is -2.30. The Morgan fingerprint density at radius 2 is 1.65 bits per heavy atom. The van der Waals surface area contributed by atoms with E-state index < -0.39 is 0 Å². The van der Waals surface area contributed by atoms with Gasteiger partial charge in [0.25, 0.3) is 0 Å². The molecule has 0 bridgehead atoms. The van der Waals surface area contributed by atoms with Gasteiger partial charge in [-0.2, -0.15) is 0 Å². The number of ether oxygens (including phenoxy) is 1. The van der Waals surface area contributed by atoms with Crippen LogP contribution >= 0.6 is 0 Å². The van der Waals surface area contributed by atoms with Crippen LogP contribution in [0.5, 0.6) is 5.75 Å². The summed E-state index contributed by atoms with van der Waals surface area (Å²) in [7, 11) is 0. The Hall–Kier alpha value is -2.74. The van der Waals surface area contributed by atoms with E-state index in [2.05, 4.69) is 72.5 Å². The van der Waals surface area contributed by atoms with Crippen molar-refractivity contribution in [3.8, 4) is 5.75 Å². The number of benzene rings is 3. The van der Waals surface area contributed by atoms with Crippen molar-refractivity contribution in [3.05, 3.63) is 95.6 Å². The maximum Gasteiger partial charge on any atom is 0.120 e. The Kier molecular flexibility index (Phi) is 4.92. The van der Waals surface area contributed by atoms with Crippen molar-refractivity contribution in [1.29, 1.82) is 0 Å². The minimum Gasteiger partial charge on any atom is -0.489 e. The summed E-state index contributed by atoms with van der Waals surface area (Å²) >= 11 is 0. The van der Waals surface area contributed by atoms with E-state index in [9.17, 15) is 0 Å². The molecule has 0 spiro atoms. The number of nitrogens with zero attached hydrogens (tertiary/aromatic N) is 1. The maximum absolute atomic E-state index is 6.01. The molecule has 1 heterocycles. The summed E-state index contributed by atoms with van der Waals surface area (Å²) in [5, 5.41) is 0. The van der Waals surface area contributed by atoms with Gasteiger partial charge >= 0.3 is 0 Å². The molecule has 1 atom stereocenters. The summed E-state index contributed by atoms with van der Waals surface area (Å²) in [4.78, 5) is 2.55. The van der Waals surface area contributed by atoms with Gasteiger partial charge in [-0.25, -0.2) is 0 Å². The quantitative estimate of drug-likeness (QED) is 0.562. The van der Waals surface area contributed by atoms with Gasteiger partial charge in [0.05, 0.1) is 6.04 Å². The zero-order valence-electron chi connectivity index (χ0n) is 15.3.